The van der Waals surface area contributed by atoms with Crippen LogP contribution in [0.25, 0.3) is 22.0 Å². The van der Waals surface area contributed by atoms with Crippen LogP contribution in [0.4, 0.5) is 14.6 Å². The van der Waals surface area contributed by atoms with Crippen molar-refractivity contribution < 1.29 is 13.9 Å². The molecule has 26 heavy (non-hydrogen) atoms. The third-order valence-electron chi connectivity index (χ3n) is 4.92. The molecule has 0 spiro atoms. The summed E-state index contributed by atoms with van der Waals surface area (Å²) in [5.74, 6) is -2.27. The molecule has 2 N–H and O–H groups in total. The van der Waals surface area contributed by atoms with Crippen LogP contribution in [-0.2, 0) is 0 Å². The van der Waals surface area contributed by atoms with Crippen LogP contribution >= 0.6 is 0 Å². The van der Waals surface area contributed by atoms with E-state index in [1.165, 1.54) is 31.7 Å². The normalized spacial score (nSPS) is 15.3. The van der Waals surface area contributed by atoms with Crippen molar-refractivity contribution in [2.45, 2.75) is 38.1 Å². The molecule has 1 aliphatic rings. The molecule has 0 amide bonds. The number of anilines is 1. The van der Waals surface area contributed by atoms with Gasteiger partial charge >= 0.3 is 0 Å². The Kier molecular flexibility index (Phi) is 4.41. The highest BCUT2D eigenvalue weighted by molar-refractivity contribution is 5.92. The van der Waals surface area contributed by atoms with Gasteiger partial charge in [0.25, 0.3) is 0 Å². The van der Waals surface area contributed by atoms with Crippen LogP contribution in [0.3, 0.4) is 0 Å². The van der Waals surface area contributed by atoms with Gasteiger partial charge in [0.05, 0.1) is 5.52 Å². The van der Waals surface area contributed by atoms with Crippen LogP contribution in [-0.4, -0.2) is 21.1 Å². The maximum Gasteiger partial charge on any atom is 0.200 e. The minimum atomic E-state index is -1.24. The zero-order valence-corrected chi connectivity index (χ0v) is 14.2. The highest BCUT2D eigenvalue weighted by Crippen LogP contribution is 2.32. The number of aromatic hydroxyl groups is 1. The van der Waals surface area contributed by atoms with E-state index in [-0.39, 0.29) is 0 Å². The highest BCUT2D eigenvalue weighted by Gasteiger charge is 2.16. The summed E-state index contributed by atoms with van der Waals surface area (Å²) in [6.07, 6.45) is 7.44. The molecule has 6 heteroatoms. The molecule has 4 nitrogen and oxygen atoms in total. The van der Waals surface area contributed by atoms with Gasteiger partial charge in [0.15, 0.2) is 17.4 Å². The van der Waals surface area contributed by atoms with E-state index in [1.807, 2.05) is 12.1 Å². The van der Waals surface area contributed by atoms with E-state index in [2.05, 4.69) is 15.3 Å². The maximum absolute atomic E-state index is 13.7. The summed E-state index contributed by atoms with van der Waals surface area (Å²) in [5, 5.41) is 13.9. The Hall–Kier alpha value is -2.76. The van der Waals surface area contributed by atoms with E-state index in [1.54, 1.807) is 6.07 Å². The highest BCUT2D eigenvalue weighted by atomic mass is 19.2. The van der Waals surface area contributed by atoms with Gasteiger partial charge < -0.3 is 10.4 Å². The van der Waals surface area contributed by atoms with Crippen LogP contribution in [0.1, 0.15) is 32.1 Å². The van der Waals surface area contributed by atoms with Gasteiger partial charge in [-0.25, -0.2) is 14.4 Å². The number of phenolic OH excluding ortho intramolecular Hbond substituents is 1. The largest absolute Gasteiger partial charge is 0.505 e. The standard InChI is InChI=1S/C20H19F2N3O/c21-16-9-13(10-18(26)19(16)22)12-6-7-17-15(8-12)20(24-11-23-17)25-14-4-2-1-3-5-14/h6-11,14,26H,1-5H2,(H,23,24,25). The van der Waals surface area contributed by atoms with Gasteiger partial charge in [-0.05, 0) is 48.2 Å². The molecule has 0 saturated heterocycles. The first-order chi connectivity index (χ1) is 12.6. The number of rotatable bonds is 3. The number of benzene rings is 2. The van der Waals surface area contributed by atoms with Gasteiger partial charge in [-0.1, -0.05) is 25.3 Å². The zero-order chi connectivity index (χ0) is 18.1. The molecule has 2 aromatic carbocycles. The molecule has 1 aromatic heterocycles. The lowest BCUT2D eigenvalue weighted by molar-refractivity contribution is 0.407. The first-order valence-corrected chi connectivity index (χ1v) is 8.81. The van der Waals surface area contributed by atoms with Gasteiger partial charge in [-0.2, -0.15) is 4.39 Å². The van der Waals surface area contributed by atoms with Crippen molar-refractivity contribution in [1.82, 2.24) is 9.97 Å². The third-order valence-corrected chi connectivity index (χ3v) is 4.92. The fraction of sp³-hybridized carbons (Fsp3) is 0.300. The van der Waals surface area contributed by atoms with Crippen molar-refractivity contribution in [2.75, 3.05) is 5.32 Å². The summed E-state index contributed by atoms with van der Waals surface area (Å²) < 4.78 is 27.0. The number of hydrogen-bond acceptors (Lipinski definition) is 4. The summed E-state index contributed by atoms with van der Waals surface area (Å²) >= 11 is 0. The lowest BCUT2D eigenvalue weighted by Crippen LogP contribution is -2.23. The molecule has 4 rings (SSSR count). The maximum atomic E-state index is 13.7. The second-order valence-electron chi connectivity index (χ2n) is 6.72. The molecule has 1 fully saturated rings. The lowest BCUT2D eigenvalue weighted by atomic mass is 9.95. The Balaban J connectivity index is 1.75. The Morgan fingerprint density at radius 1 is 0.962 bits per heavy atom. The summed E-state index contributed by atoms with van der Waals surface area (Å²) in [4.78, 5) is 8.66. The molecule has 1 saturated carbocycles. The third kappa shape index (κ3) is 3.19. The van der Waals surface area contributed by atoms with Crippen LogP contribution in [0.5, 0.6) is 5.75 Å². The minimum absolute atomic E-state index is 0.387. The van der Waals surface area contributed by atoms with Gasteiger partial charge in [0.1, 0.15) is 12.1 Å². The zero-order valence-electron chi connectivity index (χ0n) is 14.2. The molecule has 0 aliphatic heterocycles. The minimum Gasteiger partial charge on any atom is -0.505 e. The van der Waals surface area contributed by atoms with E-state index in [4.69, 9.17) is 0 Å². The number of hydrogen-bond donors (Lipinski definition) is 2. The number of aromatic nitrogens is 2. The predicted molar refractivity (Wildman–Crippen MR) is 97.1 cm³/mol. The average molecular weight is 355 g/mol. The predicted octanol–water partition coefficient (Wildman–Crippen LogP) is 5.03. The van der Waals surface area contributed by atoms with Crippen molar-refractivity contribution in [3.8, 4) is 16.9 Å². The van der Waals surface area contributed by atoms with Crippen LogP contribution in [0.2, 0.25) is 0 Å². The number of fused-ring (bicyclic) bond motifs is 1. The SMILES string of the molecule is Oc1cc(-c2ccc3ncnc(NC4CCCCC4)c3c2)cc(F)c1F. The van der Waals surface area contributed by atoms with Crippen LogP contribution < -0.4 is 5.32 Å². The first-order valence-electron chi connectivity index (χ1n) is 8.81. The van der Waals surface area contributed by atoms with Gasteiger partial charge in [-0.15, -0.1) is 0 Å². The van der Waals surface area contributed by atoms with E-state index < -0.39 is 17.4 Å². The van der Waals surface area contributed by atoms with E-state index in [0.29, 0.717) is 17.2 Å². The summed E-state index contributed by atoms with van der Waals surface area (Å²) in [6, 6.07) is 8.11. The average Bonchev–Trinajstić information content (AvgIpc) is 2.66. The number of phenols is 1. The summed E-state index contributed by atoms with van der Waals surface area (Å²) in [5.41, 5.74) is 1.83. The van der Waals surface area contributed by atoms with Crippen LogP contribution in [0, 0.1) is 11.6 Å². The number of halogens is 2. The van der Waals surface area contributed by atoms with Crippen molar-refractivity contribution in [1.29, 1.82) is 0 Å². The van der Waals surface area contributed by atoms with Crippen molar-refractivity contribution in [2.24, 2.45) is 0 Å². The van der Waals surface area contributed by atoms with Crippen LogP contribution in [0.15, 0.2) is 36.7 Å². The van der Waals surface area contributed by atoms with Crippen molar-refractivity contribution in [3.63, 3.8) is 0 Å². The quantitative estimate of drug-likeness (QED) is 0.692. The lowest BCUT2D eigenvalue weighted by Gasteiger charge is -2.23. The summed E-state index contributed by atoms with van der Waals surface area (Å²) in [6.45, 7) is 0. The van der Waals surface area contributed by atoms with E-state index >= 15 is 0 Å². The Morgan fingerprint density at radius 2 is 1.77 bits per heavy atom. The second-order valence-corrected chi connectivity index (χ2v) is 6.72. The number of nitrogens with zero attached hydrogens (tertiary/aromatic N) is 2. The molecular weight excluding hydrogens is 336 g/mol. The molecule has 0 atom stereocenters. The molecule has 0 unspecified atom stereocenters. The Labute approximate surface area is 149 Å². The van der Waals surface area contributed by atoms with Gasteiger partial charge in [-0.3, -0.25) is 0 Å². The molecular formula is C20H19F2N3O. The number of nitrogens with one attached hydrogen (secondary N) is 1. The van der Waals surface area contributed by atoms with E-state index in [9.17, 15) is 13.9 Å². The van der Waals surface area contributed by atoms with Gasteiger partial charge in [0.2, 0.25) is 0 Å². The molecule has 0 bridgehead atoms. The van der Waals surface area contributed by atoms with Crippen molar-refractivity contribution in [3.05, 3.63) is 48.3 Å². The molecule has 134 valence electrons. The summed E-state index contributed by atoms with van der Waals surface area (Å²) in [7, 11) is 0. The fourth-order valence-electron chi connectivity index (χ4n) is 3.53. The van der Waals surface area contributed by atoms with Gasteiger partial charge in [0, 0.05) is 11.4 Å². The smallest absolute Gasteiger partial charge is 0.200 e. The Morgan fingerprint density at radius 3 is 2.54 bits per heavy atom. The Bertz CT molecular complexity index is 932. The fourth-order valence-corrected chi connectivity index (χ4v) is 3.53. The van der Waals surface area contributed by atoms with E-state index in [0.717, 1.165) is 35.6 Å². The molecule has 1 heterocycles. The first kappa shape index (κ1) is 16.7. The van der Waals surface area contributed by atoms with Crippen molar-refractivity contribution >= 4 is 16.7 Å². The topological polar surface area (TPSA) is 58.0 Å². The second kappa shape index (κ2) is 6.86. The molecule has 0 radical (unpaired) electrons. The molecule has 1 aliphatic carbocycles. The monoisotopic (exact) mass is 355 g/mol. The molecule has 3 aromatic rings.